The Bertz CT molecular complexity index is 731. The number of ether oxygens (including phenoxy) is 1. The second kappa shape index (κ2) is 5.59. The first kappa shape index (κ1) is 16.4. The van der Waals surface area contributed by atoms with Crippen molar-refractivity contribution in [2.45, 2.75) is 18.4 Å². The molecule has 0 aliphatic carbocycles. The lowest BCUT2D eigenvalue weighted by Crippen LogP contribution is -2.39. The van der Waals surface area contributed by atoms with Gasteiger partial charge in [0.1, 0.15) is 11.7 Å². The van der Waals surface area contributed by atoms with Gasteiger partial charge in [-0.25, -0.2) is 4.39 Å². The Morgan fingerprint density at radius 2 is 1.75 bits per heavy atom. The van der Waals surface area contributed by atoms with Crippen LogP contribution < -0.4 is 5.32 Å². The Morgan fingerprint density at radius 3 is 2.33 bits per heavy atom. The molecular formula is C15H11F4NO4. The Labute approximate surface area is 132 Å². The molecule has 2 heterocycles. The van der Waals surface area contributed by atoms with Gasteiger partial charge in [-0.3, -0.25) is 9.59 Å². The largest absolute Gasteiger partial charge is 0.481 e. The van der Waals surface area contributed by atoms with Crippen LogP contribution in [0.2, 0.25) is 0 Å². The third kappa shape index (κ3) is 2.75. The molecule has 5 nitrogen and oxygen atoms in total. The number of carboxylic acid groups (broad SMARTS) is 1. The van der Waals surface area contributed by atoms with Gasteiger partial charge in [0.15, 0.2) is 0 Å². The molecule has 128 valence electrons. The minimum atomic E-state index is -4.70. The van der Waals surface area contributed by atoms with E-state index in [0.717, 1.165) is 0 Å². The summed E-state index contributed by atoms with van der Waals surface area (Å²) >= 11 is 0. The molecule has 3 rings (SSSR count). The average Bonchev–Trinajstić information content (AvgIpc) is 3.08. The number of carbonyl (C=O) groups is 2. The molecule has 1 aromatic rings. The monoisotopic (exact) mass is 345 g/mol. The van der Waals surface area contributed by atoms with Gasteiger partial charge in [0, 0.05) is 0 Å². The summed E-state index contributed by atoms with van der Waals surface area (Å²) in [5.41, 5.74) is -1.79. The van der Waals surface area contributed by atoms with Crippen LogP contribution >= 0.6 is 0 Å². The summed E-state index contributed by atoms with van der Waals surface area (Å²) in [6.45, 7) is 0. The fourth-order valence-electron chi connectivity index (χ4n) is 2.93. The zero-order valence-corrected chi connectivity index (χ0v) is 11.9. The molecule has 24 heavy (non-hydrogen) atoms. The van der Waals surface area contributed by atoms with E-state index in [2.05, 4.69) is 0 Å². The van der Waals surface area contributed by atoms with Crippen LogP contribution in [0.1, 0.15) is 5.56 Å². The van der Waals surface area contributed by atoms with Crippen molar-refractivity contribution in [1.82, 2.24) is 0 Å². The lowest BCUT2D eigenvalue weighted by atomic mass is 9.82. The Balaban J connectivity index is 1.85. The van der Waals surface area contributed by atoms with Crippen molar-refractivity contribution in [3.8, 4) is 0 Å². The summed E-state index contributed by atoms with van der Waals surface area (Å²) in [5, 5.41) is 11.3. The number of carbonyl (C=O) groups excluding carboxylic acids is 1. The molecule has 9 heteroatoms. The smallest absolute Gasteiger partial charge is 0.416 e. The van der Waals surface area contributed by atoms with Crippen molar-refractivity contribution in [3.63, 3.8) is 0 Å². The summed E-state index contributed by atoms with van der Waals surface area (Å²) in [7, 11) is 0. The highest BCUT2D eigenvalue weighted by Gasteiger charge is 2.53. The summed E-state index contributed by atoms with van der Waals surface area (Å²) < 4.78 is 57.1. The fraction of sp³-hybridized carbons (Fsp3) is 0.333. The molecule has 1 saturated heterocycles. The Morgan fingerprint density at radius 1 is 1.12 bits per heavy atom. The molecule has 2 aliphatic heterocycles. The van der Waals surface area contributed by atoms with Crippen LogP contribution in [0.25, 0.3) is 0 Å². The van der Waals surface area contributed by atoms with Gasteiger partial charge in [0.25, 0.3) is 0 Å². The summed E-state index contributed by atoms with van der Waals surface area (Å²) in [6, 6.07) is 1.60. The number of benzene rings is 1. The minimum absolute atomic E-state index is 0.465. The van der Waals surface area contributed by atoms with E-state index in [9.17, 15) is 32.3 Å². The topological polar surface area (TPSA) is 75.6 Å². The standard InChI is InChI=1S/C15H11F4NO4/c16-7-2-1-6(15(17,18)19)5-8(7)20-13(21)11-9-3-4-10(24-9)12(11)14(22)23/h1-5,9-12H,(H,20,21)(H,22,23)/t9-,10-,11-,12-/m0/s1. The molecule has 2 aliphatic rings. The highest BCUT2D eigenvalue weighted by atomic mass is 19.4. The average molecular weight is 345 g/mol. The van der Waals surface area contributed by atoms with Crippen LogP contribution in [0, 0.1) is 17.7 Å². The van der Waals surface area contributed by atoms with E-state index < -0.39 is 59.2 Å². The Hall–Kier alpha value is -2.42. The van der Waals surface area contributed by atoms with Crippen LogP contribution in [-0.4, -0.2) is 29.2 Å². The van der Waals surface area contributed by atoms with E-state index in [1.54, 1.807) is 0 Å². The zero-order chi connectivity index (χ0) is 17.6. The third-order valence-corrected chi connectivity index (χ3v) is 4.04. The number of nitrogens with one attached hydrogen (secondary N) is 1. The molecule has 0 spiro atoms. The molecule has 4 atom stereocenters. The number of carboxylic acids is 1. The lowest BCUT2D eigenvalue weighted by molar-refractivity contribution is -0.145. The van der Waals surface area contributed by atoms with Gasteiger partial charge in [-0.15, -0.1) is 0 Å². The maximum atomic E-state index is 13.7. The highest BCUT2D eigenvalue weighted by molar-refractivity contribution is 5.96. The molecule has 0 saturated carbocycles. The van der Waals surface area contributed by atoms with Gasteiger partial charge in [0.2, 0.25) is 5.91 Å². The summed E-state index contributed by atoms with van der Waals surface area (Å²) in [5.74, 6) is -5.54. The summed E-state index contributed by atoms with van der Waals surface area (Å²) in [4.78, 5) is 23.6. The van der Waals surface area contributed by atoms with Gasteiger partial charge in [0.05, 0.1) is 29.4 Å². The predicted molar refractivity (Wildman–Crippen MR) is 72.4 cm³/mol. The minimum Gasteiger partial charge on any atom is -0.481 e. The van der Waals surface area contributed by atoms with Crippen LogP contribution in [0.4, 0.5) is 23.2 Å². The highest BCUT2D eigenvalue weighted by Crippen LogP contribution is 2.40. The molecule has 2 bridgehead atoms. The molecule has 2 N–H and O–H groups in total. The van der Waals surface area contributed by atoms with Crippen molar-refractivity contribution in [2.75, 3.05) is 5.32 Å². The van der Waals surface area contributed by atoms with Crippen molar-refractivity contribution in [1.29, 1.82) is 0 Å². The number of anilines is 1. The van der Waals surface area contributed by atoms with Crippen molar-refractivity contribution < 1.29 is 37.0 Å². The van der Waals surface area contributed by atoms with E-state index >= 15 is 0 Å². The molecular weight excluding hydrogens is 334 g/mol. The third-order valence-electron chi connectivity index (χ3n) is 4.04. The molecule has 1 amide bonds. The van der Waals surface area contributed by atoms with Gasteiger partial charge >= 0.3 is 12.1 Å². The molecule has 0 unspecified atom stereocenters. The predicted octanol–water partition coefficient (Wildman–Crippen LogP) is 2.44. The Kier molecular flexibility index (Phi) is 3.83. The maximum absolute atomic E-state index is 13.7. The normalized spacial score (nSPS) is 28.2. The number of amides is 1. The number of hydrogen-bond acceptors (Lipinski definition) is 3. The van der Waals surface area contributed by atoms with E-state index in [1.165, 1.54) is 12.2 Å². The first-order chi connectivity index (χ1) is 11.2. The van der Waals surface area contributed by atoms with E-state index in [0.29, 0.717) is 18.2 Å². The van der Waals surface area contributed by atoms with Crippen molar-refractivity contribution in [3.05, 3.63) is 41.7 Å². The number of halogens is 4. The molecule has 0 radical (unpaired) electrons. The second-order valence-corrected chi connectivity index (χ2v) is 5.52. The number of rotatable bonds is 3. The summed E-state index contributed by atoms with van der Waals surface area (Å²) in [6.07, 6.45) is -3.26. The van der Waals surface area contributed by atoms with Crippen molar-refractivity contribution in [2.24, 2.45) is 11.8 Å². The van der Waals surface area contributed by atoms with E-state index in [4.69, 9.17) is 4.74 Å². The van der Waals surface area contributed by atoms with Gasteiger partial charge in [-0.05, 0) is 18.2 Å². The number of alkyl halides is 3. The molecule has 0 aromatic heterocycles. The quantitative estimate of drug-likeness (QED) is 0.652. The zero-order valence-electron chi connectivity index (χ0n) is 11.9. The lowest BCUT2D eigenvalue weighted by Gasteiger charge is -2.21. The SMILES string of the molecule is O=C(O)[C@@H]1[C@@H](C(=O)Nc2cc(C(F)(F)F)ccc2F)[C@@H]2C=C[C@@H]1O2. The van der Waals surface area contributed by atoms with E-state index in [1.807, 2.05) is 5.32 Å². The maximum Gasteiger partial charge on any atom is 0.416 e. The van der Waals surface area contributed by atoms with Gasteiger partial charge in [-0.2, -0.15) is 13.2 Å². The van der Waals surface area contributed by atoms with E-state index in [-0.39, 0.29) is 0 Å². The fourth-order valence-corrected chi connectivity index (χ4v) is 2.93. The molecule has 1 fully saturated rings. The van der Waals surface area contributed by atoms with Gasteiger partial charge < -0.3 is 15.2 Å². The van der Waals surface area contributed by atoms with Crippen LogP contribution in [0.3, 0.4) is 0 Å². The van der Waals surface area contributed by atoms with Crippen LogP contribution in [0.5, 0.6) is 0 Å². The first-order valence-corrected chi connectivity index (χ1v) is 6.92. The number of hydrogen-bond donors (Lipinski definition) is 2. The molecule has 1 aromatic carbocycles. The number of aliphatic carboxylic acids is 1. The van der Waals surface area contributed by atoms with Gasteiger partial charge in [-0.1, -0.05) is 12.2 Å². The number of fused-ring (bicyclic) bond motifs is 2. The second-order valence-electron chi connectivity index (χ2n) is 5.52. The van der Waals surface area contributed by atoms with Crippen LogP contribution in [-0.2, 0) is 20.5 Å². The van der Waals surface area contributed by atoms with Crippen molar-refractivity contribution >= 4 is 17.6 Å². The first-order valence-electron chi connectivity index (χ1n) is 6.92. The van der Waals surface area contributed by atoms with Crippen LogP contribution in [0.15, 0.2) is 30.4 Å².